The van der Waals surface area contributed by atoms with E-state index in [9.17, 15) is 0 Å². The molecular formula is C27H23ClN4OS. The maximum absolute atomic E-state index is 6.15. The van der Waals surface area contributed by atoms with E-state index in [2.05, 4.69) is 41.7 Å². The Morgan fingerprint density at radius 1 is 0.941 bits per heavy atom. The molecule has 2 heterocycles. The molecule has 1 N–H and O–H groups in total. The van der Waals surface area contributed by atoms with Gasteiger partial charge in [-0.15, -0.1) is 0 Å². The van der Waals surface area contributed by atoms with Crippen molar-refractivity contribution in [3.05, 3.63) is 106 Å². The highest BCUT2D eigenvalue weighted by Crippen LogP contribution is 2.39. The summed E-state index contributed by atoms with van der Waals surface area (Å²) >= 11 is 12.0. The lowest BCUT2D eigenvalue weighted by Gasteiger charge is -2.37. The number of halogens is 1. The van der Waals surface area contributed by atoms with Crippen LogP contribution in [0.1, 0.15) is 35.5 Å². The van der Waals surface area contributed by atoms with Crippen LogP contribution in [0.4, 0.5) is 5.69 Å². The topological polar surface area (TPSA) is 54.2 Å². The zero-order valence-corrected chi connectivity index (χ0v) is 20.6. The van der Waals surface area contributed by atoms with Crippen LogP contribution in [-0.2, 0) is 0 Å². The van der Waals surface area contributed by atoms with Crippen molar-refractivity contribution in [2.75, 3.05) is 4.90 Å². The van der Waals surface area contributed by atoms with Crippen LogP contribution in [0.5, 0.6) is 0 Å². The fourth-order valence-electron chi connectivity index (χ4n) is 4.16. The van der Waals surface area contributed by atoms with Crippen LogP contribution in [0.3, 0.4) is 0 Å². The third-order valence-electron chi connectivity index (χ3n) is 5.91. The predicted octanol–water partition coefficient (Wildman–Crippen LogP) is 6.87. The number of allylic oxidation sites excluding steroid dienone is 1. The van der Waals surface area contributed by atoms with Crippen molar-refractivity contribution in [2.45, 2.75) is 26.8 Å². The zero-order chi connectivity index (χ0) is 23.8. The Morgan fingerprint density at radius 3 is 2.38 bits per heavy atom. The van der Waals surface area contributed by atoms with Crippen LogP contribution in [0.2, 0.25) is 5.02 Å². The van der Waals surface area contributed by atoms with Gasteiger partial charge in [0, 0.05) is 22.0 Å². The van der Waals surface area contributed by atoms with Crippen molar-refractivity contribution in [3.63, 3.8) is 0 Å². The summed E-state index contributed by atoms with van der Waals surface area (Å²) in [5.41, 5.74) is 6.97. The van der Waals surface area contributed by atoms with E-state index in [4.69, 9.17) is 33.3 Å². The van der Waals surface area contributed by atoms with E-state index in [0.29, 0.717) is 21.9 Å². The Kier molecular flexibility index (Phi) is 5.94. The number of rotatable bonds is 4. The SMILES string of the molecule is CC1=C(c2nc(-c3cccc(C)c3)no2)C(c2ccc(Cl)cc2)NC(=S)N1c1ccc(C)cc1. The van der Waals surface area contributed by atoms with Crippen molar-refractivity contribution >= 4 is 40.2 Å². The molecule has 7 heteroatoms. The van der Waals surface area contributed by atoms with Gasteiger partial charge in [0.05, 0.1) is 11.6 Å². The number of anilines is 1. The van der Waals surface area contributed by atoms with E-state index in [1.54, 1.807) is 0 Å². The monoisotopic (exact) mass is 486 g/mol. The minimum atomic E-state index is -0.266. The van der Waals surface area contributed by atoms with Crippen LogP contribution < -0.4 is 10.2 Å². The molecule has 5 nitrogen and oxygen atoms in total. The molecule has 5 rings (SSSR count). The molecule has 4 aromatic rings. The van der Waals surface area contributed by atoms with Crippen molar-refractivity contribution in [1.82, 2.24) is 15.5 Å². The molecule has 0 saturated heterocycles. The third kappa shape index (κ3) is 4.22. The first-order valence-corrected chi connectivity index (χ1v) is 11.7. The second-order valence-corrected chi connectivity index (χ2v) is 9.22. The summed E-state index contributed by atoms with van der Waals surface area (Å²) in [4.78, 5) is 6.79. The molecule has 0 aliphatic carbocycles. The van der Waals surface area contributed by atoms with E-state index in [1.165, 1.54) is 5.56 Å². The Hall–Kier alpha value is -3.48. The van der Waals surface area contributed by atoms with Gasteiger partial charge in [0.25, 0.3) is 5.89 Å². The summed E-state index contributed by atoms with van der Waals surface area (Å²) in [5.74, 6) is 0.991. The number of aryl methyl sites for hydroxylation is 2. The molecule has 34 heavy (non-hydrogen) atoms. The van der Waals surface area contributed by atoms with Gasteiger partial charge in [0.2, 0.25) is 5.82 Å². The fourth-order valence-corrected chi connectivity index (χ4v) is 4.65. The lowest BCUT2D eigenvalue weighted by atomic mass is 9.94. The van der Waals surface area contributed by atoms with Gasteiger partial charge in [0.1, 0.15) is 0 Å². The lowest BCUT2D eigenvalue weighted by Crippen LogP contribution is -2.46. The molecule has 170 valence electrons. The smallest absolute Gasteiger partial charge is 0.258 e. The summed E-state index contributed by atoms with van der Waals surface area (Å²) in [6, 6.07) is 23.7. The molecule has 0 saturated carbocycles. The first kappa shape index (κ1) is 22.3. The number of hydrogen-bond acceptors (Lipinski definition) is 4. The van der Waals surface area contributed by atoms with Gasteiger partial charge >= 0.3 is 0 Å². The second kappa shape index (κ2) is 9.05. The molecule has 1 atom stereocenters. The van der Waals surface area contributed by atoms with E-state index in [0.717, 1.165) is 33.6 Å². The quantitative estimate of drug-likeness (QED) is 0.317. The van der Waals surface area contributed by atoms with Gasteiger partial charge in [-0.2, -0.15) is 4.98 Å². The van der Waals surface area contributed by atoms with Crippen molar-refractivity contribution in [3.8, 4) is 11.4 Å². The molecule has 0 radical (unpaired) electrons. The van der Waals surface area contributed by atoms with Gasteiger partial charge in [-0.1, -0.05) is 70.3 Å². The average molecular weight is 487 g/mol. The van der Waals surface area contributed by atoms with Gasteiger partial charge in [-0.05, 0) is 68.9 Å². The van der Waals surface area contributed by atoms with E-state index in [-0.39, 0.29) is 6.04 Å². The van der Waals surface area contributed by atoms with Crippen LogP contribution >= 0.6 is 23.8 Å². The molecule has 0 fully saturated rings. The first-order valence-electron chi connectivity index (χ1n) is 11.0. The maximum Gasteiger partial charge on any atom is 0.258 e. The summed E-state index contributed by atoms with van der Waals surface area (Å²) in [6.07, 6.45) is 0. The average Bonchev–Trinajstić information content (AvgIpc) is 3.30. The number of nitrogens with zero attached hydrogens (tertiary/aromatic N) is 3. The Morgan fingerprint density at radius 2 is 1.68 bits per heavy atom. The van der Waals surface area contributed by atoms with Crippen LogP contribution in [0, 0.1) is 13.8 Å². The summed E-state index contributed by atoms with van der Waals surface area (Å²) in [5, 5.41) is 9.04. The van der Waals surface area contributed by atoms with Gasteiger partial charge < -0.3 is 9.84 Å². The normalized spacial score (nSPS) is 16.1. The number of aromatic nitrogens is 2. The minimum Gasteiger partial charge on any atom is -0.351 e. The van der Waals surface area contributed by atoms with E-state index < -0.39 is 0 Å². The molecule has 1 aliphatic rings. The standard InChI is InChI=1S/C27H23ClN4OS/c1-16-7-13-22(14-8-16)32-18(3)23(24(29-27(32)34)19-9-11-21(28)12-10-19)26-30-25(31-33-26)20-6-4-5-17(2)15-20/h4-15,24H,1-3H3,(H,29,34). The Labute approximate surface area is 209 Å². The minimum absolute atomic E-state index is 0.266. The van der Waals surface area contributed by atoms with Crippen molar-refractivity contribution in [2.24, 2.45) is 0 Å². The molecule has 0 bridgehead atoms. The predicted molar refractivity (Wildman–Crippen MR) is 141 cm³/mol. The van der Waals surface area contributed by atoms with Gasteiger partial charge in [-0.3, -0.25) is 4.90 Å². The number of nitrogens with one attached hydrogen (secondary N) is 1. The zero-order valence-electron chi connectivity index (χ0n) is 19.0. The third-order valence-corrected chi connectivity index (χ3v) is 6.47. The fraction of sp³-hybridized carbons (Fsp3) is 0.148. The first-order chi connectivity index (χ1) is 16.4. The van der Waals surface area contributed by atoms with Crippen molar-refractivity contribution in [1.29, 1.82) is 0 Å². The summed E-state index contributed by atoms with van der Waals surface area (Å²) in [7, 11) is 0. The summed E-state index contributed by atoms with van der Waals surface area (Å²) < 4.78 is 5.83. The van der Waals surface area contributed by atoms with Crippen LogP contribution in [0.25, 0.3) is 17.0 Å². The molecule has 0 amide bonds. The largest absolute Gasteiger partial charge is 0.351 e. The number of thiocarbonyl (C=S) groups is 1. The molecule has 0 spiro atoms. The van der Waals surface area contributed by atoms with Crippen LogP contribution in [-0.4, -0.2) is 15.3 Å². The van der Waals surface area contributed by atoms with Gasteiger partial charge in [-0.25, -0.2) is 0 Å². The highest BCUT2D eigenvalue weighted by Gasteiger charge is 2.34. The maximum atomic E-state index is 6.15. The molecular weight excluding hydrogens is 464 g/mol. The Bertz CT molecular complexity index is 1390. The van der Waals surface area contributed by atoms with Crippen molar-refractivity contribution < 1.29 is 4.52 Å². The molecule has 1 aromatic heterocycles. The number of benzene rings is 3. The summed E-state index contributed by atoms with van der Waals surface area (Å²) in [6.45, 7) is 6.13. The second-order valence-electron chi connectivity index (χ2n) is 8.40. The molecule has 1 unspecified atom stereocenters. The molecule has 1 aliphatic heterocycles. The highest BCUT2D eigenvalue weighted by molar-refractivity contribution is 7.80. The highest BCUT2D eigenvalue weighted by atomic mass is 35.5. The lowest BCUT2D eigenvalue weighted by molar-refractivity contribution is 0.404. The van der Waals surface area contributed by atoms with Crippen LogP contribution in [0.15, 0.2) is 83.0 Å². The van der Waals surface area contributed by atoms with E-state index >= 15 is 0 Å². The molecule has 3 aromatic carbocycles. The van der Waals surface area contributed by atoms with E-state index in [1.807, 2.05) is 67.3 Å². The van der Waals surface area contributed by atoms with Gasteiger partial charge in [0.15, 0.2) is 5.11 Å². The Balaban J connectivity index is 1.65. The number of hydrogen-bond donors (Lipinski definition) is 1.